The first-order chi connectivity index (χ1) is 15.5. The molecule has 32 heavy (non-hydrogen) atoms. The van der Waals surface area contributed by atoms with Gasteiger partial charge in [0.2, 0.25) is 5.76 Å². The second-order valence-electron chi connectivity index (χ2n) is 8.02. The molecule has 7 heteroatoms. The van der Waals surface area contributed by atoms with E-state index in [0.717, 1.165) is 12.5 Å². The monoisotopic (exact) mass is 432 g/mol. The average molecular weight is 432 g/mol. The van der Waals surface area contributed by atoms with Crippen LogP contribution in [0.1, 0.15) is 41.4 Å². The molecule has 0 saturated heterocycles. The molecule has 3 aromatic rings. The van der Waals surface area contributed by atoms with Crippen LogP contribution in [0.25, 0.3) is 11.0 Å². The Bertz CT molecular complexity index is 1360. The zero-order valence-electron chi connectivity index (χ0n) is 17.6. The van der Waals surface area contributed by atoms with Crippen LogP contribution in [-0.2, 0) is 10.3 Å². The van der Waals surface area contributed by atoms with E-state index in [9.17, 15) is 18.8 Å². The van der Waals surface area contributed by atoms with Crippen LogP contribution >= 0.6 is 0 Å². The van der Waals surface area contributed by atoms with Gasteiger partial charge in [0, 0.05) is 18.7 Å². The number of unbranched alkanes of at least 4 members (excludes halogenated alkanes) is 1. The van der Waals surface area contributed by atoms with E-state index in [0.29, 0.717) is 17.7 Å². The molecule has 0 saturated carbocycles. The number of amides is 2. The zero-order chi connectivity index (χ0) is 22.6. The third kappa shape index (κ3) is 2.42. The first kappa shape index (κ1) is 20.2. The predicted molar refractivity (Wildman–Crippen MR) is 118 cm³/mol. The summed E-state index contributed by atoms with van der Waals surface area (Å²) >= 11 is 0. The number of anilines is 1. The number of carbonyl (C=O) groups excluding carboxylic acids is 2. The third-order valence-electron chi connectivity index (χ3n) is 6.24. The molecule has 3 heterocycles. The van der Waals surface area contributed by atoms with Crippen LogP contribution in [0.3, 0.4) is 0 Å². The van der Waals surface area contributed by atoms with Crippen LogP contribution < -0.4 is 10.3 Å². The van der Waals surface area contributed by atoms with Crippen LogP contribution in [0.2, 0.25) is 0 Å². The van der Waals surface area contributed by atoms with Gasteiger partial charge in [-0.2, -0.15) is 0 Å². The summed E-state index contributed by atoms with van der Waals surface area (Å²) in [4.78, 5) is 44.3. The highest BCUT2D eigenvalue weighted by atomic mass is 19.1. The summed E-state index contributed by atoms with van der Waals surface area (Å²) in [6, 6.07) is 10.7. The van der Waals surface area contributed by atoms with E-state index < -0.39 is 28.6 Å². The number of halogens is 1. The van der Waals surface area contributed by atoms with E-state index >= 15 is 0 Å². The Balaban J connectivity index is 1.91. The van der Waals surface area contributed by atoms with Gasteiger partial charge in [-0.1, -0.05) is 37.6 Å². The van der Waals surface area contributed by atoms with Gasteiger partial charge in [-0.05, 0) is 30.7 Å². The molecule has 2 aromatic carbocycles. The fourth-order valence-corrected chi connectivity index (χ4v) is 4.89. The molecular formula is C25H21FN2O4. The Morgan fingerprint density at radius 1 is 1.16 bits per heavy atom. The molecule has 0 fully saturated rings. The van der Waals surface area contributed by atoms with Crippen LogP contribution in [0.4, 0.5) is 10.1 Å². The topological polar surface area (TPSA) is 70.8 Å². The number of benzene rings is 2. The Hall–Kier alpha value is -3.74. The van der Waals surface area contributed by atoms with Crippen LogP contribution in [0.15, 0.2) is 64.3 Å². The van der Waals surface area contributed by atoms with Gasteiger partial charge in [0.05, 0.1) is 16.6 Å². The van der Waals surface area contributed by atoms with Crippen molar-refractivity contribution in [2.45, 2.75) is 25.3 Å². The first-order valence-electron chi connectivity index (χ1n) is 10.6. The number of nitrogens with zero attached hydrogens (tertiary/aromatic N) is 2. The van der Waals surface area contributed by atoms with Gasteiger partial charge in [0.15, 0.2) is 11.0 Å². The lowest BCUT2D eigenvalue weighted by atomic mass is 9.84. The Morgan fingerprint density at radius 2 is 1.94 bits per heavy atom. The molecule has 5 rings (SSSR count). The molecule has 0 N–H and O–H groups in total. The minimum absolute atomic E-state index is 0.000665. The van der Waals surface area contributed by atoms with Crippen LogP contribution in [-0.4, -0.2) is 29.8 Å². The van der Waals surface area contributed by atoms with Gasteiger partial charge in [0.1, 0.15) is 11.4 Å². The molecule has 2 amide bonds. The summed E-state index contributed by atoms with van der Waals surface area (Å²) in [7, 11) is 0. The van der Waals surface area contributed by atoms with Gasteiger partial charge in [-0.3, -0.25) is 14.4 Å². The molecule has 6 nitrogen and oxygen atoms in total. The normalized spacial score (nSPS) is 19.2. The SMILES string of the molecule is C=CCN1C(=O)C2(c3ccccc31)c1c(oc3ccc(F)cc3c1=O)C(=O)N2CCCC. The van der Waals surface area contributed by atoms with Gasteiger partial charge < -0.3 is 14.2 Å². The number of hydrogen-bond acceptors (Lipinski definition) is 4. The molecule has 0 bridgehead atoms. The summed E-state index contributed by atoms with van der Waals surface area (Å²) in [6.07, 6.45) is 3.03. The van der Waals surface area contributed by atoms with Gasteiger partial charge in [0.25, 0.3) is 11.8 Å². The molecule has 0 aliphatic carbocycles. The van der Waals surface area contributed by atoms with Crippen molar-refractivity contribution in [3.63, 3.8) is 0 Å². The maximum atomic E-state index is 14.0. The second-order valence-corrected chi connectivity index (χ2v) is 8.02. The van der Waals surface area contributed by atoms with Crippen molar-refractivity contribution >= 4 is 28.5 Å². The lowest BCUT2D eigenvalue weighted by Gasteiger charge is -2.34. The Kier molecular flexibility index (Phi) is 4.51. The fourth-order valence-electron chi connectivity index (χ4n) is 4.89. The van der Waals surface area contributed by atoms with Crippen LogP contribution in [0, 0.1) is 5.82 Å². The standard InChI is InChI=1S/C25H21FN2O4/c1-3-5-13-28-23(30)22-20(21(29)16-14-15(26)10-11-19(16)32-22)25(28)17-8-6-7-9-18(17)27(12-4-2)24(25)31/h4,6-11,14H,2-3,5,12-13H2,1H3. The van der Waals surface area contributed by atoms with E-state index in [1.165, 1.54) is 21.9 Å². The van der Waals surface area contributed by atoms with Crippen molar-refractivity contribution in [2.24, 2.45) is 0 Å². The van der Waals surface area contributed by atoms with E-state index in [1.54, 1.807) is 30.3 Å². The minimum atomic E-state index is -1.65. The van der Waals surface area contributed by atoms with Gasteiger partial charge >= 0.3 is 0 Å². The Morgan fingerprint density at radius 3 is 2.69 bits per heavy atom. The summed E-state index contributed by atoms with van der Waals surface area (Å²) in [5.74, 6) is -1.68. The fraction of sp³-hybridized carbons (Fsp3) is 0.240. The van der Waals surface area contributed by atoms with Gasteiger partial charge in [-0.25, -0.2) is 4.39 Å². The predicted octanol–water partition coefficient (Wildman–Crippen LogP) is 3.96. The molecule has 1 spiro atoms. The molecule has 1 aromatic heterocycles. The highest BCUT2D eigenvalue weighted by Crippen LogP contribution is 2.52. The summed E-state index contributed by atoms with van der Waals surface area (Å²) in [5.41, 5.74) is -1.01. The van der Waals surface area contributed by atoms with E-state index in [4.69, 9.17) is 4.42 Å². The highest BCUT2D eigenvalue weighted by Gasteiger charge is 2.64. The molecule has 162 valence electrons. The number of hydrogen-bond donors (Lipinski definition) is 0. The summed E-state index contributed by atoms with van der Waals surface area (Å²) < 4.78 is 19.9. The maximum absolute atomic E-state index is 14.0. The van der Waals surface area contributed by atoms with Crippen LogP contribution in [0.5, 0.6) is 0 Å². The molecule has 2 aliphatic rings. The van der Waals surface area contributed by atoms with Crippen molar-refractivity contribution in [1.82, 2.24) is 4.90 Å². The van der Waals surface area contributed by atoms with Crippen molar-refractivity contribution in [2.75, 3.05) is 18.0 Å². The van der Waals surface area contributed by atoms with Crippen molar-refractivity contribution in [1.29, 1.82) is 0 Å². The smallest absolute Gasteiger partial charge is 0.291 e. The van der Waals surface area contributed by atoms with Gasteiger partial charge in [-0.15, -0.1) is 6.58 Å². The lowest BCUT2D eigenvalue weighted by Crippen LogP contribution is -2.53. The summed E-state index contributed by atoms with van der Waals surface area (Å²) in [5, 5.41) is 0.000665. The van der Waals surface area contributed by atoms with Crippen molar-refractivity contribution in [3.05, 3.63) is 88.0 Å². The second kappa shape index (κ2) is 7.15. The average Bonchev–Trinajstić information content (AvgIpc) is 3.18. The van der Waals surface area contributed by atoms with E-state index in [1.807, 2.05) is 6.92 Å². The highest BCUT2D eigenvalue weighted by molar-refractivity contribution is 6.17. The maximum Gasteiger partial charge on any atom is 0.291 e. The quantitative estimate of drug-likeness (QED) is 0.572. The molecule has 0 radical (unpaired) electrons. The molecule has 1 unspecified atom stereocenters. The number of para-hydroxylation sites is 1. The summed E-state index contributed by atoms with van der Waals surface area (Å²) in [6.45, 7) is 6.22. The third-order valence-corrected chi connectivity index (χ3v) is 6.24. The molecule has 2 aliphatic heterocycles. The molecular weight excluding hydrogens is 411 g/mol. The van der Waals surface area contributed by atoms with Crippen molar-refractivity contribution in [3.8, 4) is 0 Å². The van der Waals surface area contributed by atoms with E-state index in [2.05, 4.69) is 6.58 Å². The minimum Gasteiger partial charge on any atom is -0.450 e. The number of carbonyl (C=O) groups is 2. The zero-order valence-corrected chi connectivity index (χ0v) is 17.6. The Labute approximate surface area is 183 Å². The number of rotatable bonds is 5. The van der Waals surface area contributed by atoms with E-state index in [-0.39, 0.29) is 35.4 Å². The first-order valence-corrected chi connectivity index (χ1v) is 10.6. The largest absolute Gasteiger partial charge is 0.450 e. The lowest BCUT2D eigenvalue weighted by molar-refractivity contribution is -0.126. The molecule has 1 atom stereocenters. The van der Waals surface area contributed by atoms with Crippen molar-refractivity contribution < 1.29 is 18.4 Å². The number of fused-ring (bicyclic) bond motifs is 5.